The lowest BCUT2D eigenvalue weighted by Gasteiger charge is -2.12. The predicted octanol–water partition coefficient (Wildman–Crippen LogP) is 1.72. The quantitative estimate of drug-likeness (QED) is 0.787. The van der Waals surface area contributed by atoms with Crippen molar-refractivity contribution in [3.8, 4) is 0 Å². The third-order valence-corrected chi connectivity index (χ3v) is 2.93. The summed E-state index contributed by atoms with van der Waals surface area (Å²) >= 11 is 1.35. The Balaban J connectivity index is 2.42. The Morgan fingerprint density at radius 2 is 2.18 bits per heavy atom. The van der Waals surface area contributed by atoms with Gasteiger partial charge in [-0.3, -0.25) is 9.89 Å². The summed E-state index contributed by atoms with van der Waals surface area (Å²) < 4.78 is 0. The van der Waals surface area contributed by atoms with E-state index in [1.165, 1.54) is 11.8 Å². The number of amides is 1. The molecular weight excluding hydrogens is 236 g/mol. The third-order valence-electron chi connectivity index (χ3n) is 2.08. The van der Waals surface area contributed by atoms with Crippen molar-refractivity contribution in [1.82, 2.24) is 20.5 Å². The molecule has 1 heterocycles. The van der Waals surface area contributed by atoms with E-state index in [0.29, 0.717) is 10.9 Å². The Kier molecular flexibility index (Phi) is 4.99. The van der Waals surface area contributed by atoms with Crippen molar-refractivity contribution in [2.45, 2.75) is 44.7 Å². The molecule has 0 saturated carbocycles. The van der Waals surface area contributed by atoms with Crippen LogP contribution in [0.1, 0.15) is 39.9 Å². The Labute approximate surface area is 106 Å². The molecule has 6 heteroatoms. The molecule has 0 radical (unpaired) electrons. The number of aromatic amines is 1. The van der Waals surface area contributed by atoms with E-state index in [1.807, 2.05) is 6.92 Å². The smallest absolute Gasteiger partial charge is 0.230 e. The fraction of sp³-hybridized carbons (Fsp3) is 0.727. The van der Waals surface area contributed by atoms with E-state index in [9.17, 15) is 4.79 Å². The van der Waals surface area contributed by atoms with Gasteiger partial charge in [-0.1, -0.05) is 39.5 Å². The lowest BCUT2D eigenvalue weighted by Crippen LogP contribution is -2.25. The fourth-order valence-electron chi connectivity index (χ4n) is 1.09. The number of nitrogens with zero attached hydrogens (tertiary/aromatic N) is 2. The molecule has 1 aromatic heterocycles. The minimum absolute atomic E-state index is 0.0268. The van der Waals surface area contributed by atoms with Gasteiger partial charge in [0.25, 0.3) is 0 Å². The maximum absolute atomic E-state index is 11.4. The van der Waals surface area contributed by atoms with Crippen LogP contribution in [0, 0.1) is 0 Å². The van der Waals surface area contributed by atoms with Gasteiger partial charge < -0.3 is 5.32 Å². The second-order valence-corrected chi connectivity index (χ2v) is 5.80. The van der Waals surface area contributed by atoms with Crippen LogP contribution in [0.5, 0.6) is 0 Å². The topological polar surface area (TPSA) is 70.7 Å². The number of H-pyrrole nitrogens is 1. The third kappa shape index (κ3) is 4.77. The zero-order valence-electron chi connectivity index (χ0n) is 10.8. The van der Waals surface area contributed by atoms with Gasteiger partial charge in [0, 0.05) is 12.0 Å². The standard InChI is InChI=1S/C11H20N4OS/c1-5-6-12-8(16)7-17-10-13-9(14-15-10)11(2,3)4/h5-7H2,1-4H3,(H,12,16)(H,13,14,15). The molecule has 0 fully saturated rings. The molecule has 2 N–H and O–H groups in total. The van der Waals surface area contributed by atoms with Crippen molar-refractivity contribution in [2.75, 3.05) is 12.3 Å². The summed E-state index contributed by atoms with van der Waals surface area (Å²) in [5, 5.41) is 10.4. The highest BCUT2D eigenvalue weighted by atomic mass is 32.2. The van der Waals surface area contributed by atoms with Gasteiger partial charge >= 0.3 is 0 Å². The Bertz CT molecular complexity index is 370. The summed E-state index contributed by atoms with van der Waals surface area (Å²) in [7, 11) is 0. The minimum Gasteiger partial charge on any atom is -0.355 e. The maximum atomic E-state index is 11.4. The van der Waals surface area contributed by atoms with Crippen LogP contribution in [0.4, 0.5) is 0 Å². The Morgan fingerprint density at radius 3 is 2.71 bits per heavy atom. The van der Waals surface area contributed by atoms with E-state index in [4.69, 9.17) is 0 Å². The largest absolute Gasteiger partial charge is 0.355 e. The van der Waals surface area contributed by atoms with Gasteiger partial charge in [-0.25, -0.2) is 4.98 Å². The lowest BCUT2D eigenvalue weighted by atomic mass is 9.96. The average Bonchev–Trinajstić information content (AvgIpc) is 2.71. The summed E-state index contributed by atoms with van der Waals surface area (Å²) in [5.41, 5.74) is -0.0454. The molecule has 1 aromatic rings. The van der Waals surface area contributed by atoms with Crippen LogP contribution in [0.25, 0.3) is 0 Å². The molecule has 5 nitrogen and oxygen atoms in total. The van der Waals surface area contributed by atoms with E-state index >= 15 is 0 Å². The SMILES string of the molecule is CCCNC(=O)CSc1n[nH]c(C(C)(C)C)n1. The number of nitrogens with one attached hydrogen (secondary N) is 2. The summed E-state index contributed by atoms with van der Waals surface area (Å²) in [5.74, 6) is 1.23. The number of aromatic nitrogens is 3. The minimum atomic E-state index is -0.0454. The molecule has 96 valence electrons. The number of rotatable bonds is 5. The summed E-state index contributed by atoms with van der Waals surface area (Å²) in [6, 6.07) is 0. The van der Waals surface area contributed by atoms with E-state index in [2.05, 4.69) is 41.3 Å². The second kappa shape index (κ2) is 6.05. The highest BCUT2D eigenvalue weighted by Crippen LogP contribution is 2.20. The van der Waals surface area contributed by atoms with Gasteiger partial charge in [0.15, 0.2) is 0 Å². The second-order valence-electron chi connectivity index (χ2n) is 4.86. The molecule has 1 rings (SSSR count). The number of carbonyl (C=O) groups is 1. The molecule has 0 spiro atoms. The highest BCUT2D eigenvalue weighted by Gasteiger charge is 2.18. The van der Waals surface area contributed by atoms with Crippen LogP contribution in [0.2, 0.25) is 0 Å². The first kappa shape index (κ1) is 14.0. The molecular formula is C11H20N4OS. The van der Waals surface area contributed by atoms with Gasteiger partial charge in [-0.05, 0) is 6.42 Å². The van der Waals surface area contributed by atoms with E-state index in [1.54, 1.807) is 0 Å². The Hall–Kier alpha value is -1.04. The van der Waals surface area contributed by atoms with E-state index in [0.717, 1.165) is 18.8 Å². The van der Waals surface area contributed by atoms with Gasteiger partial charge in [0.1, 0.15) is 5.82 Å². The first-order chi connectivity index (χ1) is 7.93. The van der Waals surface area contributed by atoms with Crippen molar-refractivity contribution in [3.63, 3.8) is 0 Å². The van der Waals surface area contributed by atoms with Gasteiger partial charge in [-0.15, -0.1) is 5.10 Å². The molecule has 0 aromatic carbocycles. The number of hydrogen-bond donors (Lipinski definition) is 2. The van der Waals surface area contributed by atoms with Gasteiger partial charge in [-0.2, -0.15) is 0 Å². The number of carbonyl (C=O) groups excluding carboxylic acids is 1. The molecule has 0 atom stereocenters. The van der Waals surface area contributed by atoms with Crippen LogP contribution in [-0.4, -0.2) is 33.4 Å². The monoisotopic (exact) mass is 256 g/mol. The summed E-state index contributed by atoms with van der Waals surface area (Å²) in [4.78, 5) is 15.7. The molecule has 0 unspecified atom stereocenters. The van der Waals surface area contributed by atoms with E-state index in [-0.39, 0.29) is 11.3 Å². The summed E-state index contributed by atoms with van der Waals surface area (Å²) in [6.45, 7) is 8.95. The van der Waals surface area contributed by atoms with Crippen LogP contribution >= 0.6 is 11.8 Å². The zero-order valence-corrected chi connectivity index (χ0v) is 11.6. The molecule has 0 saturated heterocycles. The Morgan fingerprint density at radius 1 is 1.47 bits per heavy atom. The van der Waals surface area contributed by atoms with Crippen molar-refractivity contribution in [1.29, 1.82) is 0 Å². The summed E-state index contributed by atoms with van der Waals surface area (Å²) in [6.07, 6.45) is 0.950. The van der Waals surface area contributed by atoms with Crippen molar-refractivity contribution < 1.29 is 4.79 Å². The van der Waals surface area contributed by atoms with Crippen LogP contribution in [0.15, 0.2) is 5.16 Å². The molecule has 0 aliphatic carbocycles. The molecule has 0 aliphatic rings. The van der Waals surface area contributed by atoms with Crippen molar-refractivity contribution >= 4 is 17.7 Å². The molecule has 17 heavy (non-hydrogen) atoms. The number of thioether (sulfide) groups is 1. The van der Waals surface area contributed by atoms with Gasteiger partial charge in [0.2, 0.25) is 11.1 Å². The maximum Gasteiger partial charge on any atom is 0.230 e. The van der Waals surface area contributed by atoms with Crippen LogP contribution < -0.4 is 5.32 Å². The van der Waals surface area contributed by atoms with Crippen molar-refractivity contribution in [2.24, 2.45) is 0 Å². The lowest BCUT2D eigenvalue weighted by molar-refractivity contribution is -0.118. The van der Waals surface area contributed by atoms with Crippen LogP contribution in [-0.2, 0) is 10.2 Å². The predicted molar refractivity (Wildman–Crippen MR) is 69.1 cm³/mol. The highest BCUT2D eigenvalue weighted by molar-refractivity contribution is 7.99. The van der Waals surface area contributed by atoms with E-state index < -0.39 is 0 Å². The average molecular weight is 256 g/mol. The molecule has 0 bridgehead atoms. The number of hydrogen-bond acceptors (Lipinski definition) is 4. The molecule has 0 aliphatic heterocycles. The zero-order chi connectivity index (χ0) is 12.9. The van der Waals surface area contributed by atoms with Crippen LogP contribution in [0.3, 0.4) is 0 Å². The first-order valence-corrected chi connectivity index (χ1v) is 6.74. The van der Waals surface area contributed by atoms with Crippen molar-refractivity contribution in [3.05, 3.63) is 5.82 Å². The fourth-order valence-corrected chi connectivity index (χ4v) is 1.72. The normalized spacial score (nSPS) is 11.5. The first-order valence-electron chi connectivity index (χ1n) is 5.76. The molecule has 1 amide bonds. The van der Waals surface area contributed by atoms with Gasteiger partial charge in [0.05, 0.1) is 5.75 Å².